The summed E-state index contributed by atoms with van der Waals surface area (Å²) in [5, 5.41) is 6.85. The number of carbonyl (C=O) groups excluding carboxylic acids is 2. The van der Waals surface area contributed by atoms with Gasteiger partial charge in [0.2, 0.25) is 5.91 Å². The van der Waals surface area contributed by atoms with E-state index in [1.165, 1.54) is 10.6 Å². The van der Waals surface area contributed by atoms with E-state index in [-0.39, 0.29) is 18.4 Å². The first-order valence-electron chi connectivity index (χ1n) is 10.8. The van der Waals surface area contributed by atoms with Gasteiger partial charge in [0.15, 0.2) is 5.54 Å². The molecule has 5 rings (SSSR count). The molecule has 0 bridgehead atoms. The number of carbonyl (C=O) groups is 2. The fourth-order valence-electron chi connectivity index (χ4n) is 4.79. The van der Waals surface area contributed by atoms with Crippen LogP contribution >= 0.6 is 0 Å². The smallest absolute Gasteiger partial charge is 0.275 e. The van der Waals surface area contributed by atoms with Gasteiger partial charge in [-0.2, -0.15) is 5.10 Å². The Kier molecular flexibility index (Phi) is 4.46. The third-order valence-corrected chi connectivity index (χ3v) is 6.61. The Balaban J connectivity index is 1.50. The molecule has 2 aromatic carbocycles. The minimum absolute atomic E-state index is 0.0371. The summed E-state index contributed by atoms with van der Waals surface area (Å²) >= 11 is 0. The number of aromatic amines is 1. The van der Waals surface area contributed by atoms with Gasteiger partial charge < -0.3 is 9.88 Å². The van der Waals surface area contributed by atoms with E-state index < -0.39 is 5.54 Å². The molecule has 2 aliphatic heterocycles. The second-order valence-electron chi connectivity index (χ2n) is 8.82. The number of para-hydroxylation sites is 1. The van der Waals surface area contributed by atoms with Gasteiger partial charge in [0.05, 0.1) is 11.9 Å². The number of hydrogen-bond acceptors (Lipinski definition) is 3. The minimum atomic E-state index is -1.08. The maximum atomic E-state index is 13.6. The molecule has 1 atom stereocenters. The van der Waals surface area contributed by atoms with Crippen LogP contribution in [-0.2, 0) is 21.5 Å². The van der Waals surface area contributed by atoms with Crippen LogP contribution in [0.3, 0.4) is 0 Å². The molecule has 1 aromatic heterocycles. The van der Waals surface area contributed by atoms with Crippen molar-refractivity contribution in [3.63, 3.8) is 0 Å². The zero-order valence-electron chi connectivity index (χ0n) is 18.1. The number of aromatic nitrogens is 1. The Morgan fingerprint density at radius 2 is 1.84 bits per heavy atom. The van der Waals surface area contributed by atoms with Crippen LogP contribution in [-0.4, -0.2) is 46.0 Å². The fraction of sp³-hybridized carbons (Fsp3) is 0.320. The molecule has 1 saturated heterocycles. The van der Waals surface area contributed by atoms with Crippen LogP contribution in [0.5, 0.6) is 0 Å². The van der Waals surface area contributed by atoms with Crippen molar-refractivity contribution < 1.29 is 9.59 Å². The minimum Gasteiger partial charge on any atom is -0.356 e. The maximum absolute atomic E-state index is 13.6. The topological polar surface area (TPSA) is 68.8 Å². The van der Waals surface area contributed by atoms with Crippen molar-refractivity contribution in [1.29, 1.82) is 0 Å². The number of fused-ring (bicyclic) bond motifs is 5. The highest BCUT2D eigenvalue weighted by molar-refractivity contribution is 6.01. The Hall–Kier alpha value is -3.41. The van der Waals surface area contributed by atoms with Crippen LogP contribution in [0, 0.1) is 0 Å². The van der Waals surface area contributed by atoms with Crippen LogP contribution in [0.25, 0.3) is 10.9 Å². The van der Waals surface area contributed by atoms with E-state index in [2.05, 4.69) is 42.1 Å². The predicted octanol–water partition coefficient (Wildman–Crippen LogP) is 3.77. The van der Waals surface area contributed by atoms with Crippen molar-refractivity contribution in [2.45, 2.75) is 38.6 Å². The van der Waals surface area contributed by atoms with E-state index in [4.69, 9.17) is 0 Å². The molecule has 1 fully saturated rings. The molecule has 2 aliphatic rings. The lowest BCUT2D eigenvalue weighted by atomic mass is 9.83. The number of benzene rings is 2. The van der Waals surface area contributed by atoms with E-state index >= 15 is 0 Å². The van der Waals surface area contributed by atoms with Gasteiger partial charge in [-0.25, -0.2) is 5.01 Å². The summed E-state index contributed by atoms with van der Waals surface area (Å²) in [5.41, 5.74) is 3.97. The average molecular weight is 415 g/mol. The summed E-state index contributed by atoms with van der Waals surface area (Å²) in [4.78, 5) is 31.7. The Morgan fingerprint density at radius 1 is 1.10 bits per heavy atom. The molecule has 3 aromatic rings. The molecule has 2 amide bonds. The van der Waals surface area contributed by atoms with Crippen molar-refractivity contribution in [3.05, 3.63) is 70.9 Å². The van der Waals surface area contributed by atoms with Crippen LogP contribution < -0.4 is 0 Å². The molecule has 3 heterocycles. The van der Waals surface area contributed by atoms with Gasteiger partial charge in [0.1, 0.15) is 6.54 Å². The summed E-state index contributed by atoms with van der Waals surface area (Å²) in [6, 6.07) is 16.1. The zero-order chi connectivity index (χ0) is 21.8. The third-order valence-electron chi connectivity index (χ3n) is 6.61. The lowest BCUT2D eigenvalue weighted by molar-refractivity contribution is -0.165. The molecule has 0 radical (unpaired) electrons. The fourth-order valence-corrected chi connectivity index (χ4v) is 4.79. The highest BCUT2D eigenvalue weighted by atomic mass is 16.2. The Labute approximate surface area is 181 Å². The van der Waals surface area contributed by atoms with Gasteiger partial charge >= 0.3 is 0 Å². The number of nitrogens with one attached hydrogen (secondary N) is 1. The number of rotatable bonds is 3. The molecule has 0 unspecified atom stereocenters. The number of H-pyrrole nitrogens is 1. The van der Waals surface area contributed by atoms with E-state index in [1.807, 2.05) is 37.3 Å². The van der Waals surface area contributed by atoms with Crippen LogP contribution in [0.15, 0.2) is 53.6 Å². The zero-order valence-corrected chi connectivity index (χ0v) is 18.1. The van der Waals surface area contributed by atoms with Gasteiger partial charge in [-0.3, -0.25) is 9.59 Å². The summed E-state index contributed by atoms with van der Waals surface area (Å²) in [6.07, 6.45) is 2.39. The number of hydrogen-bond donors (Lipinski definition) is 1. The normalized spacial score (nSPS) is 21.3. The molecule has 1 N–H and O–H groups in total. The highest BCUT2D eigenvalue weighted by Gasteiger charge is 2.54. The van der Waals surface area contributed by atoms with Crippen molar-refractivity contribution in [2.75, 3.05) is 13.1 Å². The summed E-state index contributed by atoms with van der Waals surface area (Å²) in [7, 11) is 0. The lowest BCUT2D eigenvalue weighted by Crippen LogP contribution is -2.65. The van der Waals surface area contributed by atoms with E-state index in [9.17, 15) is 9.59 Å². The second kappa shape index (κ2) is 7.08. The number of nitrogens with zero attached hydrogens (tertiary/aromatic N) is 3. The monoisotopic (exact) mass is 414 g/mol. The Bertz CT molecular complexity index is 1210. The molecule has 158 valence electrons. The molecular weight excluding hydrogens is 388 g/mol. The van der Waals surface area contributed by atoms with Gasteiger partial charge in [-0.1, -0.05) is 56.3 Å². The van der Waals surface area contributed by atoms with E-state index in [0.717, 1.165) is 34.1 Å². The van der Waals surface area contributed by atoms with E-state index in [0.29, 0.717) is 12.5 Å². The largest absolute Gasteiger partial charge is 0.356 e. The molecule has 0 spiro atoms. The van der Waals surface area contributed by atoms with Gasteiger partial charge in [0, 0.05) is 17.4 Å². The summed E-state index contributed by atoms with van der Waals surface area (Å²) in [5.74, 6) is 0.184. The second-order valence-corrected chi connectivity index (χ2v) is 8.82. The van der Waals surface area contributed by atoms with E-state index in [1.54, 1.807) is 11.1 Å². The summed E-state index contributed by atoms with van der Waals surface area (Å²) < 4.78 is 0. The molecule has 0 aliphatic carbocycles. The first-order valence-corrected chi connectivity index (χ1v) is 10.8. The number of piperazine rings is 1. The number of hydrazone groups is 1. The van der Waals surface area contributed by atoms with Crippen LogP contribution in [0.2, 0.25) is 0 Å². The molecule has 31 heavy (non-hydrogen) atoms. The van der Waals surface area contributed by atoms with Crippen molar-refractivity contribution in [2.24, 2.45) is 5.10 Å². The Morgan fingerprint density at radius 3 is 2.58 bits per heavy atom. The molecule has 6 nitrogen and oxygen atoms in total. The first-order chi connectivity index (χ1) is 14.9. The van der Waals surface area contributed by atoms with Gasteiger partial charge in [0.25, 0.3) is 5.91 Å². The number of amides is 2. The molecular formula is C25H26N4O2. The van der Waals surface area contributed by atoms with Crippen molar-refractivity contribution in [3.8, 4) is 0 Å². The SMILES string of the molecule is CC(C)c1ccc(/C=N\N2CC(=O)N3CCc4c([nH]c5ccccc45)[C@@]3(C)C2=O)cc1. The van der Waals surface area contributed by atoms with Crippen molar-refractivity contribution >= 4 is 28.9 Å². The van der Waals surface area contributed by atoms with Crippen molar-refractivity contribution in [1.82, 2.24) is 14.9 Å². The van der Waals surface area contributed by atoms with Gasteiger partial charge in [-0.15, -0.1) is 0 Å². The summed E-state index contributed by atoms with van der Waals surface area (Å²) in [6.45, 7) is 6.63. The molecule has 0 saturated carbocycles. The lowest BCUT2D eigenvalue weighted by Gasteiger charge is -2.48. The third kappa shape index (κ3) is 2.97. The first kappa shape index (κ1) is 19.5. The average Bonchev–Trinajstić information content (AvgIpc) is 3.16. The maximum Gasteiger partial charge on any atom is 0.275 e. The quantitative estimate of drug-likeness (QED) is 0.663. The van der Waals surface area contributed by atoms with Crippen LogP contribution in [0.1, 0.15) is 49.1 Å². The molecule has 6 heteroatoms. The highest BCUT2D eigenvalue weighted by Crippen LogP contribution is 2.41. The van der Waals surface area contributed by atoms with Crippen LogP contribution in [0.4, 0.5) is 0 Å². The standard InChI is InChI=1S/C25H26N4O2/c1-16(2)18-10-8-17(9-11-18)14-26-29-15-22(30)28-13-12-20-19-6-4-5-7-21(19)27-23(20)25(28,3)24(29)31/h4-11,14,16,27H,12-13,15H2,1-3H3/b26-14-/t25-/m0/s1. The van der Waals surface area contributed by atoms with Gasteiger partial charge in [-0.05, 0) is 42.0 Å². The predicted molar refractivity (Wildman–Crippen MR) is 121 cm³/mol.